The van der Waals surface area contributed by atoms with Gasteiger partial charge >= 0.3 is 0 Å². The van der Waals surface area contributed by atoms with Gasteiger partial charge in [-0.3, -0.25) is 4.68 Å². The van der Waals surface area contributed by atoms with E-state index in [9.17, 15) is 0 Å². The molecule has 4 rings (SSSR count). The highest BCUT2D eigenvalue weighted by atomic mass is 79.9. The lowest BCUT2D eigenvalue weighted by atomic mass is 9.93. The fourth-order valence-electron chi connectivity index (χ4n) is 3.37. The minimum absolute atomic E-state index is 0.331. The first-order chi connectivity index (χ1) is 11.6. The van der Waals surface area contributed by atoms with Crippen molar-refractivity contribution in [2.24, 2.45) is 0 Å². The second-order valence-corrected chi connectivity index (χ2v) is 7.63. The summed E-state index contributed by atoms with van der Waals surface area (Å²) in [6, 6.07) is 13.0. The van der Waals surface area contributed by atoms with E-state index in [0.29, 0.717) is 12.6 Å². The van der Waals surface area contributed by atoms with Crippen molar-refractivity contribution < 1.29 is 4.74 Å². The summed E-state index contributed by atoms with van der Waals surface area (Å²) < 4.78 is 9.27. The number of benzene rings is 2. The Kier molecular flexibility index (Phi) is 3.72. The number of hydrogen-bond acceptors (Lipinski definition) is 2. The second-order valence-electron chi connectivity index (χ2n) is 6.44. The zero-order chi connectivity index (χ0) is 16.8. The van der Waals surface area contributed by atoms with Crippen LogP contribution in [-0.4, -0.2) is 9.78 Å². The minimum Gasteiger partial charge on any atom is -0.488 e. The molecule has 3 aromatic rings. The molecule has 0 aliphatic carbocycles. The molecule has 0 N–H and O–H groups in total. The first kappa shape index (κ1) is 15.5. The second kappa shape index (κ2) is 5.78. The van der Waals surface area contributed by atoms with Crippen molar-refractivity contribution in [1.29, 1.82) is 0 Å². The summed E-state index contributed by atoms with van der Waals surface area (Å²) in [5, 5.41) is 5.71. The molecule has 0 saturated heterocycles. The molecule has 0 unspecified atom stereocenters. The highest BCUT2D eigenvalue weighted by molar-refractivity contribution is 9.11. The van der Waals surface area contributed by atoms with Gasteiger partial charge in [-0.05, 0) is 50.1 Å². The number of halogens is 1. The van der Waals surface area contributed by atoms with Crippen LogP contribution in [0.3, 0.4) is 0 Å². The monoisotopic (exact) mass is 382 g/mol. The van der Waals surface area contributed by atoms with Gasteiger partial charge in [0.15, 0.2) is 0 Å². The van der Waals surface area contributed by atoms with Crippen LogP contribution in [0.2, 0.25) is 0 Å². The molecule has 3 nitrogen and oxygen atoms in total. The summed E-state index contributed by atoms with van der Waals surface area (Å²) >= 11 is 3.71. The molecule has 0 saturated carbocycles. The first-order valence-electron chi connectivity index (χ1n) is 8.15. The van der Waals surface area contributed by atoms with Crippen molar-refractivity contribution in [3.05, 3.63) is 63.8 Å². The first-order valence-corrected chi connectivity index (χ1v) is 8.94. The maximum atomic E-state index is 6.10. The van der Waals surface area contributed by atoms with E-state index in [2.05, 4.69) is 70.7 Å². The molecule has 4 heteroatoms. The van der Waals surface area contributed by atoms with Gasteiger partial charge in [-0.1, -0.05) is 34.1 Å². The fourth-order valence-corrected chi connectivity index (χ4v) is 3.80. The number of fused-ring (bicyclic) bond motifs is 3. The zero-order valence-electron chi connectivity index (χ0n) is 14.0. The van der Waals surface area contributed by atoms with Crippen molar-refractivity contribution in [2.45, 2.75) is 33.4 Å². The van der Waals surface area contributed by atoms with Gasteiger partial charge in [-0.15, -0.1) is 0 Å². The van der Waals surface area contributed by atoms with E-state index in [0.717, 1.165) is 26.7 Å². The van der Waals surface area contributed by atoms with Gasteiger partial charge in [0.25, 0.3) is 0 Å². The zero-order valence-corrected chi connectivity index (χ0v) is 15.6. The Hall–Kier alpha value is -2.07. The quantitative estimate of drug-likeness (QED) is 0.540. The summed E-state index contributed by atoms with van der Waals surface area (Å²) in [4.78, 5) is 0. The van der Waals surface area contributed by atoms with Gasteiger partial charge in [-0.25, -0.2) is 0 Å². The lowest BCUT2D eigenvalue weighted by Crippen LogP contribution is -2.03. The third kappa shape index (κ3) is 2.37. The largest absolute Gasteiger partial charge is 0.488 e. The molecule has 0 amide bonds. The van der Waals surface area contributed by atoms with Crippen LogP contribution in [0.5, 0.6) is 5.75 Å². The number of para-hydroxylation sites is 1. The average Bonchev–Trinajstić information content (AvgIpc) is 2.88. The normalized spacial score (nSPS) is 15.7. The predicted octanol–water partition coefficient (Wildman–Crippen LogP) is 5.68. The highest BCUT2D eigenvalue weighted by Gasteiger charge is 2.22. The molecule has 0 atom stereocenters. The minimum atomic E-state index is 0.331. The molecule has 0 spiro atoms. The van der Waals surface area contributed by atoms with Gasteiger partial charge in [-0.2, -0.15) is 5.10 Å². The summed E-state index contributed by atoms with van der Waals surface area (Å²) in [5.41, 5.74) is 5.88. The van der Waals surface area contributed by atoms with Crippen molar-refractivity contribution in [1.82, 2.24) is 9.78 Å². The Morgan fingerprint density at radius 2 is 2.00 bits per heavy atom. The standard InChI is InChI=1S/C20H19BrN2O/c1-12(2)23-18-9-15-11-24-19-7-5-4-6-16(19)20(13(3)21)17(15)8-14(18)10-22-23/h4-10,12H,11H2,1-3H3. The molecule has 0 fully saturated rings. The maximum absolute atomic E-state index is 6.10. The van der Waals surface area contributed by atoms with Gasteiger partial charge in [0.2, 0.25) is 0 Å². The fraction of sp³-hybridized carbons (Fsp3) is 0.250. The maximum Gasteiger partial charge on any atom is 0.127 e. The third-order valence-corrected chi connectivity index (χ3v) is 4.86. The Morgan fingerprint density at radius 3 is 2.75 bits per heavy atom. The van der Waals surface area contributed by atoms with Gasteiger partial charge in [0.1, 0.15) is 12.4 Å². The Morgan fingerprint density at radius 1 is 1.21 bits per heavy atom. The summed E-state index contributed by atoms with van der Waals surface area (Å²) in [5.74, 6) is 0.928. The molecule has 2 heterocycles. The molecular weight excluding hydrogens is 364 g/mol. The number of rotatable bonds is 1. The highest BCUT2D eigenvalue weighted by Crippen LogP contribution is 2.41. The molecule has 24 heavy (non-hydrogen) atoms. The van der Waals surface area contributed by atoms with Crippen molar-refractivity contribution in [3.8, 4) is 5.75 Å². The summed E-state index contributed by atoms with van der Waals surface area (Å²) in [7, 11) is 0. The predicted molar refractivity (Wildman–Crippen MR) is 102 cm³/mol. The smallest absolute Gasteiger partial charge is 0.127 e. The number of hydrogen-bond donors (Lipinski definition) is 0. The van der Waals surface area contributed by atoms with Crippen LogP contribution in [0.15, 0.2) is 47.1 Å². The summed E-state index contributed by atoms with van der Waals surface area (Å²) in [6.07, 6.45) is 1.95. The van der Waals surface area contributed by atoms with Crippen molar-refractivity contribution >= 4 is 32.4 Å². The van der Waals surface area contributed by atoms with Crippen LogP contribution in [0.25, 0.3) is 16.5 Å². The molecule has 2 aromatic carbocycles. The molecule has 1 aliphatic rings. The Balaban J connectivity index is 2.02. The van der Waals surface area contributed by atoms with Crippen LogP contribution in [0.1, 0.15) is 43.5 Å². The lowest BCUT2D eigenvalue weighted by molar-refractivity contribution is 0.307. The van der Waals surface area contributed by atoms with Crippen molar-refractivity contribution in [2.75, 3.05) is 0 Å². The molecule has 1 aromatic heterocycles. The van der Waals surface area contributed by atoms with E-state index < -0.39 is 0 Å². The Bertz CT molecular complexity index is 965. The van der Waals surface area contributed by atoms with Crippen LogP contribution in [-0.2, 0) is 6.61 Å². The third-order valence-electron chi connectivity index (χ3n) is 4.46. The van der Waals surface area contributed by atoms with E-state index in [1.807, 2.05) is 18.3 Å². The topological polar surface area (TPSA) is 27.1 Å². The number of ether oxygens (including phenoxy) is 1. The van der Waals surface area contributed by atoms with E-state index in [1.54, 1.807) is 0 Å². The number of allylic oxidation sites excluding steroid dienone is 1. The van der Waals surface area contributed by atoms with E-state index in [1.165, 1.54) is 16.7 Å². The lowest BCUT2D eigenvalue weighted by Gasteiger charge is -2.13. The van der Waals surface area contributed by atoms with E-state index in [-0.39, 0.29) is 0 Å². The SMILES string of the molecule is CC(Br)=C1c2cc3cnn(C(C)C)c3cc2COc2ccccc21. The van der Waals surface area contributed by atoms with Crippen LogP contribution < -0.4 is 4.74 Å². The molecule has 122 valence electrons. The molecule has 1 aliphatic heterocycles. The number of nitrogens with zero attached hydrogens (tertiary/aromatic N) is 2. The van der Waals surface area contributed by atoms with Crippen molar-refractivity contribution in [3.63, 3.8) is 0 Å². The number of aromatic nitrogens is 2. The van der Waals surface area contributed by atoms with Gasteiger partial charge < -0.3 is 4.74 Å². The molecular formula is C20H19BrN2O. The Labute approximate surface area is 150 Å². The van der Waals surface area contributed by atoms with Gasteiger partial charge in [0, 0.05) is 27.0 Å². The summed E-state index contributed by atoms with van der Waals surface area (Å²) in [6.45, 7) is 6.95. The van der Waals surface area contributed by atoms with E-state index >= 15 is 0 Å². The van der Waals surface area contributed by atoms with E-state index in [4.69, 9.17) is 4.74 Å². The van der Waals surface area contributed by atoms with Crippen LogP contribution in [0.4, 0.5) is 0 Å². The van der Waals surface area contributed by atoms with Gasteiger partial charge in [0.05, 0.1) is 11.7 Å². The van der Waals surface area contributed by atoms with Crippen LogP contribution >= 0.6 is 15.9 Å². The molecule has 0 bridgehead atoms. The average molecular weight is 383 g/mol. The van der Waals surface area contributed by atoms with Crippen LogP contribution in [0, 0.1) is 0 Å². The molecule has 0 radical (unpaired) electrons.